The number of pyridine rings is 1. The number of rotatable bonds is 6. The predicted octanol–water partition coefficient (Wildman–Crippen LogP) is 4.39. The second kappa shape index (κ2) is 8.25. The van der Waals surface area contributed by atoms with Crippen molar-refractivity contribution in [2.75, 3.05) is 25.5 Å². The van der Waals surface area contributed by atoms with Gasteiger partial charge in [-0.05, 0) is 42.5 Å². The van der Waals surface area contributed by atoms with Crippen molar-refractivity contribution in [2.24, 2.45) is 0 Å². The van der Waals surface area contributed by atoms with E-state index in [4.69, 9.17) is 27.9 Å². The monoisotopic (exact) mass is 389 g/mol. The van der Waals surface area contributed by atoms with Crippen molar-refractivity contribution < 1.29 is 9.53 Å². The molecule has 0 unspecified atom stereocenters. The van der Waals surface area contributed by atoms with E-state index in [2.05, 4.69) is 15.6 Å². The number of aromatic nitrogens is 1. The number of nitrogens with zero attached hydrogens (tertiary/aromatic N) is 1. The number of anilines is 1. The number of ether oxygens (including phenoxy) is 1. The van der Waals surface area contributed by atoms with Crippen molar-refractivity contribution in [3.63, 3.8) is 0 Å². The first-order valence-electron chi connectivity index (χ1n) is 7.98. The average Bonchev–Trinajstić information content (AvgIpc) is 2.64. The van der Waals surface area contributed by atoms with Crippen LogP contribution in [0.1, 0.15) is 10.4 Å². The average molecular weight is 390 g/mol. The summed E-state index contributed by atoms with van der Waals surface area (Å²) in [4.78, 5) is 16.6. The summed E-state index contributed by atoms with van der Waals surface area (Å²) in [7, 11) is 1.52. The van der Waals surface area contributed by atoms with E-state index in [0.717, 1.165) is 16.6 Å². The largest absolute Gasteiger partial charge is 0.496 e. The lowest BCUT2D eigenvalue weighted by Gasteiger charge is -2.12. The molecule has 3 rings (SSSR count). The summed E-state index contributed by atoms with van der Waals surface area (Å²) in [5.41, 5.74) is 2.15. The van der Waals surface area contributed by atoms with Gasteiger partial charge in [-0.3, -0.25) is 9.78 Å². The van der Waals surface area contributed by atoms with E-state index in [0.29, 0.717) is 34.4 Å². The van der Waals surface area contributed by atoms with Crippen LogP contribution in [-0.4, -0.2) is 31.1 Å². The van der Waals surface area contributed by atoms with Crippen molar-refractivity contribution >= 4 is 45.7 Å². The highest BCUT2D eigenvalue weighted by Crippen LogP contribution is 2.24. The van der Waals surface area contributed by atoms with Gasteiger partial charge in [-0.15, -0.1) is 0 Å². The molecule has 0 aliphatic rings. The van der Waals surface area contributed by atoms with E-state index in [1.807, 2.05) is 24.3 Å². The fourth-order valence-electron chi connectivity index (χ4n) is 2.60. The zero-order valence-electron chi connectivity index (χ0n) is 14.1. The minimum Gasteiger partial charge on any atom is -0.496 e. The summed E-state index contributed by atoms with van der Waals surface area (Å²) in [5, 5.41) is 8.25. The summed E-state index contributed by atoms with van der Waals surface area (Å²) in [6.45, 7) is 0.988. The summed E-state index contributed by atoms with van der Waals surface area (Å²) >= 11 is 12.0. The van der Waals surface area contributed by atoms with Gasteiger partial charge in [0.2, 0.25) is 0 Å². The van der Waals surface area contributed by atoms with E-state index in [-0.39, 0.29) is 5.91 Å². The third kappa shape index (κ3) is 4.18. The van der Waals surface area contributed by atoms with Gasteiger partial charge >= 0.3 is 0 Å². The van der Waals surface area contributed by atoms with Crippen LogP contribution >= 0.6 is 23.2 Å². The molecule has 1 heterocycles. The summed E-state index contributed by atoms with van der Waals surface area (Å²) in [5.74, 6) is 0.245. The second-order valence-corrected chi connectivity index (χ2v) is 6.42. The van der Waals surface area contributed by atoms with Gasteiger partial charge in [0.25, 0.3) is 5.91 Å². The molecule has 0 fully saturated rings. The Morgan fingerprint density at radius 2 is 1.85 bits per heavy atom. The number of hydrogen-bond acceptors (Lipinski definition) is 4. The summed E-state index contributed by atoms with van der Waals surface area (Å²) < 4.78 is 5.20. The quantitative estimate of drug-likeness (QED) is 0.613. The topological polar surface area (TPSA) is 63.2 Å². The maximum atomic E-state index is 12.3. The Balaban J connectivity index is 1.61. The molecule has 0 spiro atoms. The molecule has 3 aromatic rings. The molecule has 1 aromatic heterocycles. The van der Waals surface area contributed by atoms with Crippen molar-refractivity contribution in [2.45, 2.75) is 0 Å². The first-order chi connectivity index (χ1) is 12.6. The Morgan fingerprint density at radius 3 is 2.65 bits per heavy atom. The lowest BCUT2D eigenvalue weighted by Crippen LogP contribution is -2.29. The van der Waals surface area contributed by atoms with Crippen LogP contribution in [-0.2, 0) is 0 Å². The van der Waals surface area contributed by atoms with Crippen LogP contribution < -0.4 is 15.4 Å². The molecule has 7 heteroatoms. The normalized spacial score (nSPS) is 10.6. The number of amides is 1. The Labute approximate surface area is 161 Å². The van der Waals surface area contributed by atoms with Gasteiger partial charge < -0.3 is 15.4 Å². The Bertz CT molecular complexity index is 947. The molecule has 2 N–H and O–H groups in total. The third-order valence-electron chi connectivity index (χ3n) is 3.84. The molecule has 5 nitrogen and oxygen atoms in total. The van der Waals surface area contributed by atoms with Gasteiger partial charge in [-0.1, -0.05) is 23.2 Å². The van der Waals surface area contributed by atoms with Gasteiger partial charge in [0.1, 0.15) is 5.75 Å². The molecule has 2 aromatic carbocycles. The SMILES string of the molecule is COc1ccc(Cl)cc1C(=O)NCCNc1ccnc2cc(Cl)ccc12. The fourth-order valence-corrected chi connectivity index (χ4v) is 2.94. The molecule has 26 heavy (non-hydrogen) atoms. The standard InChI is InChI=1S/C19H17Cl2N3O2/c1-26-18-5-3-12(20)10-15(18)19(25)24-9-8-23-16-6-7-22-17-11-13(21)2-4-14(16)17/h2-7,10-11H,8-9H2,1H3,(H,22,23)(H,24,25). The highest BCUT2D eigenvalue weighted by atomic mass is 35.5. The Morgan fingerprint density at radius 1 is 1.08 bits per heavy atom. The second-order valence-electron chi connectivity index (χ2n) is 5.55. The zero-order chi connectivity index (χ0) is 18.5. The van der Waals surface area contributed by atoms with Gasteiger partial charge in [0.15, 0.2) is 0 Å². The number of nitrogens with one attached hydrogen (secondary N) is 2. The molecule has 0 aliphatic carbocycles. The molecule has 0 saturated carbocycles. The molecule has 1 amide bonds. The molecular weight excluding hydrogens is 373 g/mol. The van der Waals surface area contributed by atoms with Crippen LogP contribution in [0, 0.1) is 0 Å². The molecule has 0 aliphatic heterocycles. The molecule has 0 bridgehead atoms. The van der Waals surface area contributed by atoms with Crippen LogP contribution in [0.25, 0.3) is 10.9 Å². The van der Waals surface area contributed by atoms with Gasteiger partial charge in [-0.25, -0.2) is 0 Å². The summed E-state index contributed by atoms with van der Waals surface area (Å²) in [6, 6.07) is 12.4. The lowest BCUT2D eigenvalue weighted by molar-refractivity contribution is 0.0952. The van der Waals surface area contributed by atoms with Crippen molar-refractivity contribution in [3.05, 3.63) is 64.3 Å². The molecule has 0 atom stereocenters. The van der Waals surface area contributed by atoms with E-state index in [1.54, 1.807) is 24.4 Å². The van der Waals surface area contributed by atoms with Crippen molar-refractivity contribution in [1.82, 2.24) is 10.3 Å². The van der Waals surface area contributed by atoms with E-state index in [1.165, 1.54) is 7.11 Å². The molecule has 134 valence electrons. The number of carbonyl (C=O) groups is 1. The fraction of sp³-hybridized carbons (Fsp3) is 0.158. The van der Waals surface area contributed by atoms with Crippen LogP contribution in [0.15, 0.2) is 48.7 Å². The van der Waals surface area contributed by atoms with Crippen molar-refractivity contribution in [3.8, 4) is 5.75 Å². The summed E-state index contributed by atoms with van der Waals surface area (Å²) in [6.07, 6.45) is 1.72. The van der Waals surface area contributed by atoms with E-state index in [9.17, 15) is 4.79 Å². The lowest BCUT2D eigenvalue weighted by atomic mass is 10.2. The third-order valence-corrected chi connectivity index (χ3v) is 4.31. The van der Waals surface area contributed by atoms with Crippen LogP contribution in [0.3, 0.4) is 0 Å². The van der Waals surface area contributed by atoms with E-state index >= 15 is 0 Å². The molecule has 0 radical (unpaired) electrons. The highest BCUT2D eigenvalue weighted by molar-refractivity contribution is 6.31. The minimum absolute atomic E-state index is 0.238. The Kier molecular flexibility index (Phi) is 5.81. The maximum Gasteiger partial charge on any atom is 0.255 e. The maximum absolute atomic E-state index is 12.3. The van der Waals surface area contributed by atoms with Gasteiger partial charge in [0, 0.05) is 40.4 Å². The molecular formula is C19H17Cl2N3O2. The number of carbonyl (C=O) groups excluding carboxylic acids is 1. The number of methoxy groups -OCH3 is 1. The number of benzene rings is 2. The predicted molar refractivity (Wildman–Crippen MR) is 106 cm³/mol. The highest BCUT2D eigenvalue weighted by Gasteiger charge is 2.12. The first-order valence-corrected chi connectivity index (χ1v) is 8.74. The molecule has 0 saturated heterocycles. The van der Waals surface area contributed by atoms with E-state index < -0.39 is 0 Å². The van der Waals surface area contributed by atoms with Gasteiger partial charge in [-0.2, -0.15) is 0 Å². The van der Waals surface area contributed by atoms with Crippen LogP contribution in [0.4, 0.5) is 5.69 Å². The van der Waals surface area contributed by atoms with Gasteiger partial charge in [0.05, 0.1) is 18.2 Å². The first kappa shape index (κ1) is 18.3. The number of halogens is 2. The smallest absolute Gasteiger partial charge is 0.255 e. The number of fused-ring (bicyclic) bond motifs is 1. The Hall–Kier alpha value is -2.50. The minimum atomic E-state index is -0.238. The zero-order valence-corrected chi connectivity index (χ0v) is 15.6. The van der Waals surface area contributed by atoms with Crippen LogP contribution in [0.5, 0.6) is 5.75 Å². The number of hydrogen-bond donors (Lipinski definition) is 2. The van der Waals surface area contributed by atoms with Crippen molar-refractivity contribution in [1.29, 1.82) is 0 Å². The van der Waals surface area contributed by atoms with Crippen LogP contribution in [0.2, 0.25) is 10.0 Å².